The number of rotatable bonds is 6. The Morgan fingerprint density at radius 2 is 1.82 bits per heavy atom. The van der Waals surface area contributed by atoms with E-state index < -0.39 is 12.1 Å². The molecule has 2 fully saturated rings. The summed E-state index contributed by atoms with van der Waals surface area (Å²) in [4.78, 5) is 39.4. The van der Waals surface area contributed by atoms with Crippen LogP contribution in [0.4, 0.5) is 0 Å². The lowest BCUT2D eigenvalue weighted by Gasteiger charge is -2.38. The largest absolute Gasteiger partial charge is 0.354 e. The van der Waals surface area contributed by atoms with Gasteiger partial charge in [0, 0.05) is 12.6 Å². The Morgan fingerprint density at radius 3 is 2.50 bits per heavy atom. The highest BCUT2D eigenvalue weighted by atomic mass is 16.2. The molecule has 5 atom stereocenters. The summed E-state index contributed by atoms with van der Waals surface area (Å²) < 4.78 is 0. The maximum atomic E-state index is 13.0. The minimum atomic E-state index is -0.601. The Kier molecular flexibility index (Phi) is 6.34. The van der Waals surface area contributed by atoms with Gasteiger partial charge < -0.3 is 21.3 Å². The van der Waals surface area contributed by atoms with Crippen LogP contribution in [0.5, 0.6) is 0 Å². The molecule has 0 spiro atoms. The number of amides is 3. The van der Waals surface area contributed by atoms with Crippen molar-refractivity contribution in [2.75, 3.05) is 6.54 Å². The molecule has 1 unspecified atom stereocenters. The van der Waals surface area contributed by atoms with Crippen LogP contribution in [0, 0.1) is 5.92 Å². The van der Waals surface area contributed by atoms with E-state index in [0.717, 1.165) is 24.8 Å². The van der Waals surface area contributed by atoms with Gasteiger partial charge >= 0.3 is 0 Å². The first-order valence-electron chi connectivity index (χ1n) is 10.1. The van der Waals surface area contributed by atoms with Gasteiger partial charge in [-0.1, -0.05) is 30.3 Å². The van der Waals surface area contributed by atoms with E-state index in [-0.39, 0.29) is 42.3 Å². The molecule has 0 aliphatic carbocycles. The third-order valence-corrected chi connectivity index (χ3v) is 5.85. The summed E-state index contributed by atoms with van der Waals surface area (Å²) in [5.74, 6) is -0.695. The third-order valence-electron chi connectivity index (χ3n) is 5.85. The van der Waals surface area contributed by atoms with E-state index in [0.29, 0.717) is 6.42 Å². The molecule has 0 aromatic heterocycles. The first kappa shape index (κ1) is 20.3. The van der Waals surface area contributed by atoms with Crippen LogP contribution in [0.2, 0.25) is 0 Å². The molecular weight excluding hydrogens is 356 g/mol. The first-order chi connectivity index (χ1) is 13.4. The molecule has 28 heavy (non-hydrogen) atoms. The lowest BCUT2D eigenvalue weighted by atomic mass is 9.92. The topological polar surface area (TPSA) is 105 Å². The van der Waals surface area contributed by atoms with Crippen LogP contribution in [-0.2, 0) is 14.4 Å². The second kappa shape index (κ2) is 8.73. The van der Waals surface area contributed by atoms with E-state index in [1.807, 2.05) is 37.3 Å². The molecule has 2 saturated heterocycles. The van der Waals surface area contributed by atoms with Gasteiger partial charge in [0.2, 0.25) is 17.7 Å². The summed E-state index contributed by atoms with van der Waals surface area (Å²) in [6.45, 7) is 3.84. The van der Waals surface area contributed by atoms with E-state index in [9.17, 15) is 14.4 Å². The molecule has 2 heterocycles. The molecule has 0 bridgehead atoms. The third kappa shape index (κ3) is 4.35. The van der Waals surface area contributed by atoms with Crippen molar-refractivity contribution in [3.63, 3.8) is 0 Å². The van der Waals surface area contributed by atoms with E-state index in [1.54, 1.807) is 11.8 Å². The van der Waals surface area contributed by atoms with E-state index in [1.165, 1.54) is 0 Å². The predicted molar refractivity (Wildman–Crippen MR) is 106 cm³/mol. The lowest BCUT2D eigenvalue weighted by Crippen LogP contribution is -2.55. The van der Waals surface area contributed by atoms with E-state index >= 15 is 0 Å². The standard InChI is InChI=1S/C21H30N4O3/c1-13(22)19(26)23-12-16-8-9-17-10-11-18(25(17)21(16)28)20(27)24-14(2)15-6-4-3-5-7-15/h3-7,13-14,16-18H,8-12,22H2,1-2H3,(H,23,26)(H,24,27)/t13-,14+,16+,17?,18-/m0/s1. The van der Waals surface area contributed by atoms with Crippen LogP contribution in [0.15, 0.2) is 30.3 Å². The number of hydrogen-bond donors (Lipinski definition) is 3. The molecular formula is C21H30N4O3. The number of benzene rings is 1. The van der Waals surface area contributed by atoms with E-state index in [2.05, 4.69) is 10.6 Å². The number of nitrogens with one attached hydrogen (secondary N) is 2. The molecule has 3 amide bonds. The monoisotopic (exact) mass is 386 g/mol. The average Bonchev–Trinajstić information content (AvgIpc) is 3.13. The van der Waals surface area contributed by atoms with Crippen molar-refractivity contribution in [1.29, 1.82) is 0 Å². The number of nitrogens with zero attached hydrogens (tertiary/aromatic N) is 1. The Labute approximate surface area is 166 Å². The fourth-order valence-corrected chi connectivity index (χ4v) is 4.19. The molecule has 7 nitrogen and oxygen atoms in total. The van der Waals surface area contributed by atoms with E-state index in [4.69, 9.17) is 5.73 Å². The minimum Gasteiger partial charge on any atom is -0.354 e. The van der Waals surface area contributed by atoms with Crippen molar-refractivity contribution < 1.29 is 14.4 Å². The van der Waals surface area contributed by atoms with Crippen molar-refractivity contribution in [2.24, 2.45) is 11.7 Å². The Morgan fingerprint density at radius 1 is 1.14 bits per heavy atom. The van der Waals surface area contributed by atoms with Gasteiger partial charge in [-0.2, -0.15) is 0 Å². The molecule has 0 saturated carbocycles. The molecule has 1 aromatic rings. The van der Waals surface area contributed by atoms with Crippen molar-refractivity contribution in [1.82, 2.24) is 15.5 Å². The molecule has 3 rings (SSSR count). The van der Waals surface area contributed by atoms with Gasteiger partial charge in [-0.3, -0.25) is 14.4 Å². The number of carbonyl (C=O) groups is 3. The second-order valence-electron chi connectivity index (χ2n) is 7.94. The predicted octanol–water partition coefficient (Wildman–Crippen LogP) is 1.10. The second-order valence-corrected chi connectivity index (χ2v) is 7.94. The van der Waals surface area contributed by atoms with Crippen LogP contribution >= 0.6 is 0 Å². The molecule has 1 aromatic carbocycles. The Balaban J connectivity index is 1.62. The minimum absolute atomic E-state index is 0.0359. The fraction of sp³-hybridized carbons (Fsp3) is 0.571. The summed E-state index contributed by atoms with van der Waals surface area (Å²) in [5, 5.41) is 5.80. The van der Waals surface area contributed by atoms with Gasteiger partial charge in [-0.05, 0) is 45.1 Å². The quantitative estimate of drug-likeness (QED) is 0.681. The average molecular weight is 386 g/mol. The SMILES string of the molecule is C[C@H](N)C(=O)NC[C@H]1CCC2CC[C@@H](C(=O)N[C@H](C)c3ccccc3)N2C1=O. The molecule has 2 aliphatic rings. The highest BCUT2D eigenvalue weighted by Crippen LogP contribution is 2.35. The molecule has 0 radical (unpaired) electrons. The van der Waals surface area contributed by atoms with Gasteiger partial charge in [0.05, 0.1) is 18.0 Å². The lowest BCUT2D eigenvalue weighted by molar-refractivity contribution is -0.147. The van der Waals surface area contributed by atoms with Crippen molar-refractivity contribution >= 4 is 17.7 Å². The van der Waals surface area contributed by atoms with Crippen LogP contribution in [0.25, 0.3) is 0 Å². The van der Waals surface area contributed by atoms with Crippen LogP contribution in [-0.4, -0.2) is 47.3 Å². The Hall–Kier alpha value is -2.41. The zero-order valence-corrected chi connectivity index (χ0v) is 16.6. The van der Waals surface area contributed by atoms with Crippen molar-refractivity contribution in [2.45, 2.75) is 63.7 Å². The summed E-state index contributed by atoms with van der Waals surface area (Å²) in [6, 6.07) is 8.75. The highest BCUT2D eigenvalue weighted by Gasteiger charge is 2.46. The highest BCUT2D eigenvalue weighted by molar-refractivity contribution is 5.90. The van der Waals surface area contributed by atoms with Gasteiger partial charge in [0.1, 0.15) is 6.04 Å². The van der Waals surface area contributed by atoms with Crippen LogP contribution in [0.3, 0.4) is 0 Å². The fourth-order valence-electron chi connectivity index (χ4n) is 4.19. The first-order valence-corrected chi connectivity index (χ1v) is 10.1. The van der Waals surface area contributed by atoms with Crippen LogP contribution < -0.4 is 16.4 Å². The summed E-state index contributed by atoms with van der Waals surface area (Å²) in [7, 11) is 0. The maximum absolute atomic E-state index is 13.0. The van der Waals surface area contributed by atoms with Crippen LogP contribution in [0.1, 0.15) is 51.1 Å². The maximum Gasteiger partial charge on any atom is 0.243 e. The summed E-state index contributed by atoms with van der Waals surface area (Å²) in [5.41, 5.74) is 6.60. The number of piperidine rings is 1. The van der Waals surface area contributed by atoms with Crippen molar-refractivity contribution in [3.8, 4) is 0 Å². The number of hydrogen-bond acceptors (Lipinski definition) is 4. The molecule has 2 aliphatic heterocycles. The van der Waals surface area contributed by atoms with Gasteiger partial charge in [0.25, 0.3) is 0 Å². The summed E-state index contributed by atoms with van der Waals surface area (Å²) in [6.07, 6.45) is 3.13. The smallest absolute Gasteiger partial charge is 0.243 e. The molecule has 7 heteroatoms. The summed E-state index contributed by atoms with van der Waals surface area (Å²) >= 11 is 0. The zero-order valence-electron chi connectivity index (χ0n) is 16.6. The van der Waals surface area contributed by atoms with Gasteiger partial charge in [-0.25, -0.2) is 0 Å². The van der Waals surface area contributed by atoms with Gasteiger partial charge in [0.15, 0.2) is 0 Å². The molecule has 4 N–H and O–H groups in total. The zero-order chi connectivity index (χ0) is 20.3. The van der Waals surface area contributed by atoms with Gasteiger partial charge in [-0.15, -0.1) is 0 Å². The number of carbonyl (C=O) groups excluding carboxylic acids is 3. The molecule has 152 valence electrons. The normalized spacial score (nSPS) is 26.3. The Bertz CT molecular complexity index is 722. The number of fused-ring (bicyclic) bond motifs is 1. The number of nitrogens with two attached hydrogens (primary N) is 1. The van der Waals surface area contributed by atoms with Crippen molar-refractivity contribution in [3.05, 3.63) is 35.9 Å².